The number of carboxylic acids is 1. The Balaban J connectivity index is 0.000000544. The Kier molecular flexibility index (Phi) is 14.7. The lowest BCUT2D eigenvalue weighted by Crippen LogP contribution is -2.22. The fraction of sp³-hybridized carbons (Fsp3) is 0.278. The average molecular weight is 619 g/mol. The number of phenols is 1. The maximum atomic E-state index is 13.7. The first-order valence-corrected chi connectivity index (χ1v) is 14.6. The molecule has 1 heterocycles. The molecule has 9 heteroatoms. The lowest BCUT2D eigenvalue weighted by atomic mass is 9.96. The molecule has 0 fully saturated rings. The van der Waals surface area contributed by atoms with E-state index < -0.39 is 24.6 Å². The zero-order valence-electron chi connectivity index (χ0n) is 26.0. The van der Waals surface area contributed by atoms with E-state index in [1.54, 1.807) is 24.3 Å². The first kappa shape index (κ1) is 36.5. The SMILES string of the molecule is C=C.CC(C)c1c(C=O)c(-c2ccccc2)c(-c2ccc(F)cc2)n1CCC(O)CC(O)CC(=O)O.CNc1ccc(O)cc1. The van der Waals surface area contributed by atoms with Crippen molar-refractivity contribution in [3.63, 3.8) is 0 Å². The molecule has 240 valence electrons. The zero-order chi connectivity index (χ0) is 33.5. The summed E-state index contributed by atoms with van der Waals surface area (Å²) in [5.74, 6) is -1.22. The van der Waals surface area contributed by atoms with Crippen molar-refractivity contribution in [1.29, 1.82) is 0 Å². The summed E-state index contributed by atoms with van der Waals surface area (Å²) in [5, 5.41) is 41.0. The quantitative estimate of drug-likeness (QED) is 0.0649. The summed E-state index contributed by atoms with van der Waals surface area (Å²) >= 11 is 0. The van der Waals surface area contributed by atoms with Crippen LogP contribution in [-0.2, 0) is 11.3 Å². The van der Waals surface area contributed by atoms with Crippen LogP contribution in [0.1, 0.15) is 55.1 Å². The number of nitrogens with zero attached hydrogens (tertiary/aromatic N) is 1. The molecule has 0 bridgehead atoms. The molecule has 0 aliphatic carbocycles. The first-order chi connectivity index (χ1) is 21.5. The van der Waals surface area contributed by atoms with Crippen LogP contribution in [0.4, 0.5) is 10.1 Å². The minimum absolute atomic E-state index is 0.0217. The van der Waals surface area contributed by atoms with Gasteiger partial charge >= 0.3 is 5.97 Å². The molecule has 2 unspecified atom stereocenters. The van der Waals surface area contributed by atoms with Crippen molar-refractivity contribution in [3.05, 3.63) is 109 Å². The number of phenolic OH excluding ortho intramolecular Hbond substituents is 1. The molecule has 4 rings (SSSR count). The zero-order valence-corrected chi connectivity index (χ0v) is 26.0. The Morgan fingerprint density at radius 3 is 2.04 bits per heavy atom. The molecule has 3 aromatic carbocycles. The average Bonchev–Trinajstić information content (AvgIpc) is 3.36. The number of aliphatic hydroxyl groups excluding tert-OH is 2. The second-order valence-corrected chi connectivity index (χ2v) is 10.5. The third kappa shape index (κ3) is 10.4. The molecule has 0 aliphatic heterocycles. The van der Waals surface area contributed by atoms with Crippen molar-refractivity contribution in [2.45, 2.75) is 57.8 Å². The van der Waals surface area contributed by atoms with Crippen molar-refractivity contribution < 1.29 is 34.4 Å². The number of rotatable bonds is 12. The number of carboxylic acid groups (broad SMARTS) is 1. The highest BCUT2D eigenvalue weighted by Crippen LogP contribution is 2.41. The van der Waals surface area contributed by atoms with Crippen molar-refractivity contribution >= 4 is 17.9 Å². The fourth-order valence-corrected chi connectivity index (χ4v) is 5.06. The Hall–Kier alpha value is -4.73. The Morgan fingerprint density at radius 2 is 1.53 bits per heavy atom. The molecule has 0 radical (unpaired) electrons. The van der Waals surface area contributed by atoms with Gasteiger partial charge in [-0.15, -0.1) is 13.2 Å². The summed E-state index contributed by atoms with van der Waals surface area (Å²) in [4.78, 5) is 23.2. The molecule has 45 heavy (non-hydrogen) atoms. The molecular formula is C36H43FN2O6. The minimum atomic E-state index is -1.15. The van der Waals surface area contributed by atoms with E-state index in [4.69, 9.17) is 10.2 Å². The van der Waals surface area contributed by atoms with E-state index in [1.165, 1.54) is 12.1 Å². The van der Waals surface area contributed by atoms with Crippen molar-refractivity contribution in [2.75, 3.05) is 12.4 Å². The molecule has 2 atom stereocenters. The standard InChI is InChI=1S/C27H30FNO5.C7H9NO.C2H4/c1-17(2)26-23(16-30)25(18-6-4-3-5-7-18)27(19-8-10-20(28)11-9-19)29(26)13-12-21(31)14-22(32)15-24(33)34;1-8-6-2-4-7(9)5-3-6;1-2/h3-11,16-17,21-22,31-32H,12-15H2,1-2H3,(H,33,34);2-5,8-9H,1H3;1-2H2. The van der Waals surface area contributed by atoms with Crippen molar-refractivity contribution in [3.8, 4) is 28.1 Å². The third-order valence-corrected chi connectivity index (χ3v) is 6.98. The monoisotopic (exact) mass is 618 g/mol. The molecule has 8 nitrogen and oxygen atoms in total. The number of aromatic nitrogens is 1. The van der Waals surface area contributed by atoms with E-state index in [2.05, 4.69) is 18.5 Å². The predicted octanol–water partition coefficient (Wildman–Crippen LogP) is 7.11. The van der Waals surface area contributed by atoms with Gasteiger partial charge in [-0.25, -0.2) is 4.39 Å². The molecule has 0 amide bonds. The number of anilines is 1. The van der Waals surface area contributed by atoms with Crippen molar-refractivity contribution in [2.24, 2.45) is 0 Å². The smallest absolute Gasteiger partial charge is 0.305 e. The number of aliphatic hydroxyl groups is 2. The van der Waals surface area contributed by atoms with Crippen LogP contribution in [0, 0.1) is 5.82 Å². The normalized spacial score (nSPS) is 11.8. The van der Waals surface area contributed by atoms with Gasteiger partial charge in [0.1, 0.15) is 11.6 Å². The number of halogens is 1. The first-order valence-electron chi connectivity index (χ1n) is 14.6. The summed E-state index contributed by atoms with van der Waals surface area (Å²) < 4.78 is 15.7. The van der Waals surface area contributed by atoms with Crippen LogP contribution in [0.3, 0.4) is 0 Å². The van der Waals surface area contributed by atoms with Gasteiger partial charge in [0.15, 0.2) is 6.29 Å². The fourth-order valence-electron chi connectivity index (χ4n) is 5.06. The van der Waals surface area contributed by atoms with Gasteiger partial charge in [-0.3, -0.25) is 9.59 Å². The second-order valence-electron chi connectivity index (χ2n) is 10.5. The molecule has 0 saturated heterocycles. The van der Waals surface area contributed by atoms with Crippen LogP contribution in [0.5, 0.6) is 5.75 Å². The number of benzene rings is 3. The summed E-state index contributed by atoms with van der Waals surface area (Å²) in [7, 11) is 1.84. The second kappa shape index (κ2) is 18.2. The van der Waals surface area contributed by atoms with Crippen LogP contribution in [0.15, 0.2) is 92.0 Å². The largest absolute Gasteiger partial charge is 0.508 e. The van der Waals surface area contributed by atoms with Gasteiger partial charge in [-0.2, -0.15) is 0 Å². The van der Waals surface area contributed by atoms with Gasteiger partial charge in [-0.05, 0) is 78.4 Å². The Bertz CT molecular complexity index is 1480. The highest BCUT2D eigenvalue weighted by molar-refractivity contribution is 5.97. The van der Waals surface area contributed by atoms with Crippen LogP contribution in [-0.4, -0.2) is 56.5 Å². The molecule has 0 aliphatic rings. The number of aldehydes is 1. The van der Waals surface area contributed by atoms with Gasteiger partial charge in [0.25, 0.3) is 0 Å². The van der Waals surface area contributed by atoms with E-state index in [9.17, 15) is 24.2 Å². The number of aliphatic carboxylic acids is 1. The Labute approximate surface area is 264 Å². The van der Waals surface area contributed by atoms with Gasteiger partial charge < -0.3 is 30.3 Å². The van der Waals surface area contributed by atoms with Crippen molar-refractivity contribution in [1.82, 2.24) is 4.57 Å². The van der Waals surface area contributed by atoms with Crippen LogP contribution in [0.2, 0.25) is 0 Å². The van der Waals surface area contributed by atoms with Crippen LogP contribution < -0.4 is 5.32 Å². The van der Waals surface area contributed by atoms with E-state index in [0.717, 1.165) is 40.1 Å². The molecule has 1 aromatic heterocycles. The molecular weight excluding hydrogens is 575 g/mol. The lowest BCUT2D eigenvalue weighted by Gasteiger charge is -2.20. The summed E-state index contributed by atoms with van der Waals surface area (Å²) in [6.45, 7) is 10.3. The number of nitrogens with one attached hydrogen (secondary N) is 1. The number of carbonyl (C=O) groups excluding carboxylic acids is 1. The highest BCUT2D eigenvalue weighted by atomic mass is 19.1. The third-order valence-electron chi connectivity index (χ3n) is 6.98. The van der Waals surface area contributed by atoms with Crippen LogP contribution >= 0.6 is 0 Å². The maximum Gasteiger partial charge on any atom is 0.305 e. The lowest BCUT2D eigenvalue weighted by molar-refractivity contribution is -0.139. The van der Waals surface area contributed by atoms with E-state index in [1.807, 2.05) is 67.9 Å². The maximum absolute atomic E-state index is 13.7. The van der Waals surface area contributed by atoms with E-state index >= 15 is 0 Å². The Morgan fingerprint density at radius 1 is 0.933 bits per heavy atom. The number of hydrogen-bond donors (Lipinski definition) is 5. The minimum Gasteiger partial charge on any atom is -0.508 e. The number of aromatic hydroxyl groups is 1. The van der Waals surface area contributed by atoms with E-state index in [-0.39, 0.29) is 24.6 Å². The summed E-state index contributed by atoms with van der Waals surface area (Å²) in [6.07, 6.45) is -1.50. The van der Waals surface area contributed by atoms with E-state index in [0.29, 0.717) is 17.9 Å². The predicted molar refractivity (Wildman–Crippen MR) is 177 cm³/mol. The number of hydrogen-bond acceptors (Lipinski definition) is 6. The molecule has 0 saturated carbocycles. The summed E-state index contributed by atoms with van der Waals surface area (Å²) in [6, 6.07) is 22.5. The van der Waals surface area contributed by atoms with Gasteiger partial charge in [-0.1, -0.05) is 44.2 Å². The molecule has 5 N–H and O–H groups in total. The topological polar surface area (TPSA) is 132 Å². The molecule has 4 aromatic rings. The van der Waals surface area contributed by atoms with Gasteiger partial charge in [0.2, 0.25) is 0 Å². The van der Waals surface area contributed by atoms with Gasteiger partial charge in [0.05, 0.1) is 24.3 Å². The number of carbonyl (C=O) groups is 2. The highest BCUT2D eigenvalue weighted by Gasteiger charge is 2.27. The molecule has 0 spiro atoms. The summed E-state index contributed by atoms with van der Waals surface area (Å²) in [5.41, 5.74) is 5.42. The van der Waals surface area contributed by atoms with Gasteiger partial charge in [0, 0.05) is 36.1 Å². The van der Waals surface area contributed by atoms with Crippen LogP contribution in [0.25, 0.3) is 22.4 Å².